The maximum absolute atomic E-state index is 12.8. The molecule has 0 rings (SSSR count). The van der Waals surface area contributed by atoms with Crippen molar-refractivity contribution in [3.05, 3.63) is 0 Å². The van der Waals surface area contributed by atoms with Crippen LogP contribution in [0.1, 0.15) is 74.7 Å². The molecular weight excluding hydrogens is 280 g/mol. The number of carboxylic acids is 1. The van der Waals surface area contributed by atoms with E-state index in [2.05, 4.69) is 0 Å². The second-order valence-electron chi connectivity index (χ2n) is 8.03. The van der Waals surface area contributed by atoms with Crippen molar-refractivity contribution >= 4 is 11.9 Å². The SMILES string of the molecule is CCC(OC(=O)C(CCC(C)C)(C(=O)O)C(C)C)C(C)(C)C. The zero-order chi connectivity index (χ0) is 17.7. The molecule has 0 amide bonds. The van der Waals surface area contributed by atoms with Crippen LogP contribution in [0, 0.1) is 22.7 Å². The number of carbonyl (C=O) groups is 2. The van der Waals surface area contributed by atoms with E-state index in [1.807, 2.05) is 41.5 Å². The lowest BCUT2D eigenvalue weighted by Gasteiger charge is -2.36. The third-order valence-electron chi connectivity index (χ3n) is 4.43. The Labute approximate surface area is 135 Å². The average Bonchev–Trinajstić information content (AvgIpc) is 2.33. The van der Waals surface area contributed by atoms with Crippen LogP contribution in [0.15, 0.2) is 0 Å². The second kappa shape index (κ2) is 7.98. The van der Waals surface area contributed by atoms with Crippen molar-refractivity contribution in [3.8, 4) is 0 Å². The zero-order valence-corrected chi connectivity index (χ0v) is 15.5. The molecule has 0 spiro atoms. The molecule has 0 saturated heterocycles. The predicted octanol–water partition coefficient (Wildman–Crippen LogP) is 4.52. The van der Waals surface area contributed by atoms with Gasteiger partial charge in [0.05, 0.1) is 0 Å². The summed E-state index contributed by atoms with van der Waals surface area (Å²) in [6.07, 6.45) is 1.40. The molecule has 4 heteroatoms. The van der Waals surface area contributed by atoms with E-state index in [9.17, 15) is 14.7 Å². The Kier molecular flexibility index (Phi) is 7.60. The Hall–Kier alpha value is -1.06. The van der Waals surface area contributed by atoms with E-state index < -0.39 is 17.4 Å². The molecule has 2 unspecified atom stereocenters. The second-order valence-corrected chi connectivity index (χ2v) is 8.03. The van der Waals surface area contributed by atoms with Crippen molar-refractivity contribution in [3.63, 3.8) is 0 Å². The van der Waals surface area contributed by atoms with Gasteiger partial charge in [-0.05, 0) is 36.5 Å². The molecular formula is C18H34O4. The molecule has 130 valence electrons. The number of hydrogen-bond acceptors (Lipinski definition) is 3. The van der Waals surface area contributed by atoms with E-state index in [0.29, 0.717) is 25.2 Å². The van der Waals surface area contributed by atoms with Crippen LogP contribution in [0.25, 0.3) is 0 Å². The van der Waals surface area contributed by atoms with Crippen LogP contribution in [0.2, 0.25) is 0 Å². The lowest BCUT2D eigenvalue weighted by atomic mass is 9.72. The molecule has 0 radical (unpaired) electrons. The van der Waals surface area contributed by atoms with Crippen LogP contribution in [0.5, 0.6) is 0 Å². The summed E-state index contributed by atoms with van der Waals surface area (Å²) in [7, 11) is 0. The summed E-state index contributed by atoms with van der Waals surface area (Å²) < 4.78 is 5.66. The zero-order valence-electron chi connectivity index (χ0n) is 15.5. The Bertz CT molecular complexity index is 379. The van der Waals surface area contributed by atoms with Gasteiger partial charge in [0.15, 0.2) is 5.41 Å². The van der Waals surface area contributed by atoms with E-state index in [-0.39, 0.29) is 17.4 Å². The van der Waals surface area contributed by atoms with Crippen LogP contribution in [0.3, 0.4) is 0 Å². The van der Waals surface area contributed by atoms with Crippen molar-refractivity contribution in [1.82, 2.24) is 0 Å². The number of aliphatic carboxylic acids is 1. The fourth-order valence-corrected chi connectivity index (χ4v) is 2.69. The highest BCUT2D eigenvalue weighted by Crippen LogP contribution is 2.38. The fraction of sp³-hybridized carbons (Fsp3) is 0.889. The predicted molar refractivity (Wildman–Crippen MR) is 88.6 cm³/mol. The summed E-state index contributed by atoms with van der Waals surface area (Å²) in [5.41, 5.74) is -1.66. The van der Waals surface area contributed by atoms with E-state index in [4.69, 9.17) is 4.74 Å². The van der Waals surface area contributed by atoms with Gasteiger partial charge in [0.1, 0.15) is 6.10 Å². The number of esters is 1. The highest BCUT2D eigenvalue weighted by atomic mass is 16.5. The topological polar surface area (TPSA) is 63.6 Å². The Morgan fingerprint density at radius 1 is 1.09 bits per heavy atom. The molecule has 0 aliphatic rings. The highest BCUT2D eigenvalue weighted by molar-refractivity contribution is 5.99. The van der Waals surface area contributed by atoms with E-state index in [1.54, 1.807) is 13.8 Å². The van der Waals surface area contributed by atoms with Crippen molar-refractivity contribution < 1.29 is 19.4 Å². The Balaban J connectivity index is 5.49. The van der Waals surface area contributed by atoms with Gasteiger partial charge in [-0.25, -0.2) is 0 Å². The standard InChI is InChI=1S/C18H34O4/c1-9-14(17(6,7)8)22-16(21)18(13(4)5,15(19)20)11-10-12(2)3/h12-14H,9-11H2,1-8H3,(H,19,20). The molecule has 4 nitrogen and oxygen atoms in total. The van der Waals surface area contributed by atoms with Gasteiger partial charge in [-0.3, -0.25) is 9.59 Å². The van der Waals surface area contributed by atoms with Crippen LogP contribution >= 0.6 is 0 Å². The summed E-state index contributed by atoms with van der Waals surface area (Å²) in [6, 6.07) is 0. The first-order chi connectivity index (χ1) is 9.89. The van der Waals surface area contributed by atoms with E-state index in [0.717, 1.165) is 0 Å². The van der Waals surface area contributed by atoms with Gasteiger partial charge in [0.2, 0.25) is 0 Å². The molecule has 0 aliphatic heterocycles. The molecule has 0 aromatic heterocycles. The molecule has 0 fully saturated rings. The lowest BCUT2D eigenvalue weighted by molar-refractivity contribution is -0.181. The van der Waals surface area contributed by atoms with Crippen molar-refractivity contribution in [2.45, 2.75) is 80.8 Å². The molecule has 0 saturated carbocycles. The van der Waals surface area contributed by atoms with E-state index >= 15 is 0 Å². The van der Waals surface area contributed by atoms with Gasteiger partial charge >= 0.3 is 11.9 Å². The Morgan fingerprint density at radius 2 is 1.59 bits per heavy atom. The summed E-state index contributed by atoms with van der Waals surface area (Å²) in [6.45, 7) is 15.6. The first-order valence-electron chi connectivity index (χ1n) is 8.34. The number of ether oxygens (including phenoxy) is 1. The summed E-state index contributed by atoms with van der Waals surface area (Å²) in [5, 5.41) is 9.77. The minimum atomic E-state index is -1.46. The van der Waals surface area contributed by atoms with Crippen LogP contribution in [-0.2, 0) is 14.3 Å². The number of carbonyl (C=O) groups excluding carboxylic acids is 1. The molecule has 1 N–H and O–H groups in total. The van der Waals surface area contributed by atoms with Crippen molar-refractivity contribution in [1.29, 1.82) is 0 Å². The van der Waals surface area contributed by atoms with Crippen LogP contribution in [-0.4, -0.2) is 23.1 Å². The first-order valence-corrected chi connectivity index (χ1v) is 8.34. The number of carboxylic acid groups (broad SMARTS) is 1. The number of rotatable bonds is 8. The van der Waals surface area contributed by atoms with Crippen LogP contribution < -0.4 is 0 Å². The quantitative estimate of drug-likeness (QED) is 0.528. The molecule has 2 atom stereocenters. The van der Waals surface area contributed by atoms with Gasteiger partial charge in [-0.15, -0.1) is 0 Å². The maximum atomic E-state index is 12.8. The largest absolute Gasteiger partial charge is 0.480 e. The molecule has 0 bridgehead atoms. The van der Waals surface area contributed by atoms with Gasteiger partial charge in [-0.2, -0.15) is 0 Å². The monoisotopic (exact) mass is 314 g/mol. The van der Waals surface area contributed by atoms with E-state index in [1.165, 1.54) is 0 Å². The van der Waals surface area contributed by atoms with Gasteiger partial charge in [0, 0.05) is 0 Å². The minimum Gasteiger partial charge on any atom is -0.480 e. The van der Waals surface area contributed by atoms with Gasteiger partial charge < -0.3 is 9.84 Å². The molecule has 0 aromatic carbocycles. The number of hydrogen-bond donors (Lipinski definition) is 1. The first kappa shape index (κ1) is 20.9. The average molecular weight is 314 g/mol. The normalized spacial score (nSPS) is 16.5. The van der Waals surface area contributed by atoms with Crippen molar-refractivity contribution in [2.24, 2.45) is 22.7 Å². The fourth-order valence-electron chi connectivity index (χ4n) is 2.69. The lowest BCUT2D eigenvalue weighted by Crippen LogP contribution is -2.47. The molecule has 22 heavy (non-hydrogen) atoms. The maximum Gasteiger partial charge on any atom is 0.324 e. The third-order valence-corrected chi connectivity index (χ3v) is 4.43. The summed E-state index contributed by atoms with van der Waals surface area (Å²) in [5.74, 6) is -1.63. The third kappa shape index (κ3) is 4.99. The molecule has 0 aliphatic carbocycles. The minimum absolute atomic E-state index is 0.205. The molecule has 0 heterocycles. The summed E-state index contributed by atoms with van der Waals surface area (Å²) >= 11 is 0. The highest BCUT2D eigenvalue weighted by Gasteiger charge is 2.51. The van der Waals surface area contributed by atoms with Gasteiger partial charge in [-0.1, -0.05) is 55.4 Å². The smallest absolute Gasteiger partial charge is 0.324 e. The van der Waals surface area contributed by atoms with Gasteiger partial charge in [0.25, 0.3) is 0 Å². The van der Waals surface area contributed by atoms with Crippen LogP contribution in [0.4, 0.5) is 0 Å². The Morgan fingerprint density at radius 3 is 1.86 bits per heavy atom. The molecule has 0 aromatic rings. The van der Waals surface area contributed by atoms with Crippen molar-refractivity contribution in [2.75, 3.05) is 0 Å². The summed E-state index contributed by atoms with van der Waals surface area (Å²) in [4.78, 5) is 24.7.